The number of hydrogen-bond donors (Lipinski definition) is 1. The molecule has 8 nitrogen and oxygen atoms in total. The van der Waals surface area contributed by atoms with Gasteiger partial charge in [-0.05, 0) is 29.7 Å². The number of rotatable bonds is 8. The first-order chi connectivity index (χ1) is 10.2. The molecule has 0 aliphatic carbocycles. The molecule has 0 saturated carbocycles. The van der Waals surface area contributed by atoms with Gasteiger partial charge in [-0.25, -0.2) is 9.48 Å². The quantitative estimate of drug-likeness (QED) is 0.748. The van der Waals surface area contributed by atoms with Crippen LogP contribution in [0.1, 0.15) is 38.4 Å². The van der Waals surface area contributed by atoms with Crippen molar-refractivity contribution in [2.45, 2.75) is 51.8 Å². The number of nitrogens with zero attached hydrogens (tertiary/aromatic N) is 5. The van der Waals surface area contributed by atoms with E-state index >= 15 is 0 Å². The van der Waals surface area contributed by atoms with Gasteiger partial charge in [0.25, 0.3) is 0 Å². The Balaban J connectivity index is 1.75. The molecule has 1 aliphatic rings. The molecule has 21 heavy (non-hydrogen) atoms. The third-order valence-corrected chi connectivity index (χ3v) is 3.67. The van der Waals surface area contributed by atoms with Crippen LogP contribution >= 0.6 is 0 Å². The maximum atomic E-state index is 10.5. The third-order valence-electron chi connectivity index (χ3n) is 3.67. The number of carbonyl (C=O) groups is 1. The number of tetrazole rings is 1. The van der Waals surface area contributed by atoms with Gasteiger partial charge in [-0.15, -0.1) is 5.10 Å². The van der Waals surface area contributed by atoms with Crippen LogP contribution in [0.3, 0.4) is 0 Å². The molecule has 2 rings (SSSR count). The highest BCUT2D eigenvalue weighted by molar-refractivity contribution is 5.68. The number of carboxylic acids is 1. The van der Waals surface area contributed by atoms with E-state index in [9.17, 15) is 4.79 Å². The van der Waals surface area contributed by atoms with Gasteiger partial charge in [0.15, 0.2) is 5.82 Å². The first-order valence-corrected chi connectivity index (χ1v) is 7.49. The lowest BCUT2D eigenvalue weighted by Gasteiger charge is -2.31. The van der Waals surface area contributed by atoms with Gasteiger partial charge in [0.2, 0.25) is 0 Å². The van der Waals surface area contributed by atoms with Crippen LogP contribution in [0, 0.1) is 0 Å². The second-order valence-corrected chi connectivity index (χ2v) is 5.35. The van der Waals surface area contributed by atoms with Crippen molar-refractivity contribution in [2.75, 3.05) is 19.7 Å². The lowest BCUT2D eigenvalue weighted by molar-refractivity contribution is -0.145. The number of unbranched alkanes of at least 4 members (excludes halogenated alkanes) is 1. The van der Waals surface area contributed by atoms with Gasteiger partial charge in [-0.1, -0.05) is 13.3 Å². The van der Waals surface area contributed by atoms with E-state index < -0.39 is 5.97 Å². The van der Waals surface area contributed by atoms with E-state index in [4.69, 9.17) is 9.84 Å². The van der Waals surface area contributed by atoms with E-state index in [-0.39, 0.29) is 12.7 Å². The summed E-state index contributed by atoms with van der Waals surface area (Å²) in [4.78, 5) is 12.8. The minimum Gasteiger partial charge on any atom is -0.480 e. The van der Waals surface area contributed by atoms with E-state index in [1.54, 1.807) is 0 Å². The molecule has 1 saturated heterocycles. The summed E-state index contributed by atoms with van der Waals surface area (Å²) in [5, 5.41) is 20.5. The van der Waals surface area contributed by atoms with Gasteiger partial charge in [0, 0.05) is 19.6 Å². The van der Waals surface area contributed by atoms with Gasteiger partial charge < -0.3 is 9.84 Å². The van der Waals surface area contributed by atoms with Crippen LogP contribution in [-0.2, 0) is 22.6 Å². The van der Waals surface area contributed by atoms with Crippen molar-refractivity contribution < 1.29 is 14.6 Å². The molecule has 0 aromatic carbocycles. The number of piperidine rings is 1. The number of hydrogen-bond acceptors (Lipinski definition) is 6. The fraction of sp³-hybridized carbons (Fsp3) is 0.846. The monoisotopic (exact) mass is 297 g/mol. The number of aryl methyl sites for hydroxylation is 1. The summed E-state index contributed by atoms with van der Waals surface area (Å²) in [6.45, 7) is 5.29. The van der Waals surface area contributed by atoms with E-state index in [1.807, 2.05) is 4.68 Å². The van der Waals surface area contributed by atoms with Crippen LogP contribution in [-0.4, -0.2) is 62.0 Å². The van der Waals surface area contributed by atoms with Gasteiger partial charge in [0.05, 0.1) is 12.6 Å². The number of likely N-dealkylation sites (tertiary alicyclic amines) is 1. The zero-order valence-electron chi connectivity index (χ0n) is 12.4. The lowest BCUT2D eigenvalue weighted by Crippen LogP contribution is -2.37. The molecule has 0 unspecified atom stereocenters. The summed E-state index contributed by atoms with van der Waals surface area (Å²) in [5.74, 6) is -0.0131. The van der Waals surface area contributed by atoms with Crippen molar-refractivity contribution >= 4 is 5.97 Å². The first-order valence-electron chi connectivity index (χ1n) is 7.49. The second-order valence-electron chi connectivity index (χ2n) is 5.35. The number of ether oxygens (including phenoxy) is 1. The predicted molar refractivity (Wildman–Crippen MR) is 74.6 cm³/mol. The number of aromatic nitrogens is 4. The standard InChI is InChI=1S/C13H23N5O3/c1-2-3-6-18-12(14-15-16-18)9-17-7-4-11(5-8-17)21-10-13(19)20/h11H,2-10H2,1H3,(H,19,20). The van der Waals surface area contributed by atoms with Crippen LogP contribution in [0.4, 0.5) is 0 Å². The maximum absolute atomic E-state index is 10.5. The Morgan fingerprint density at radius 2 is 2.19 bits per heavy atom. The molecule has 1 aromatic rings. The van der Waals surface area contributed by atoms with Gasteiger partial charge in [-0.3, -0.25) is 4.90 Å². The maximum Gasteiger partial charge on any atom is 0.329 e. The molecule has 1 fully saturated rings. The largest absolute Gasteiger partial charge is 0.480 e. The Hall–Kier alpha value is -1.54. The van der Waals surface area contributed by atoms with E-state index in [2.05, 4.69) is 27.3 Å². The fourth-order valence-corrected chi connectivity index (χ4v) is 2.44. The summed E-state index contributed by atoms with van der Waals surface area (Å²) < 4.78 is 7.20. The lowest BCUT2D eigenvalue weighted by atomic mass is 10.1. The average Bonchev–Trinajstić information content (AvgIpc) is 2.91. The van der Waals surface area contributed by atoms with Crippen LogP contribution in [0.5, 0.6) is 0 Å². The summed E-state index contributed by atoms with van der Waals surface area (Å²) >= 11 is 0. The van der Waals surface area contributed by atoms with Crippen molar-refractivity contribution in [3.8, 4) is 0 Å². The van der Waals surface area contributed by atoms with Crippen molar-refractivity contribution in [3.63, 3.8) is 0 Å². The minimum absolute atomic E-state index is 0.0495. The van der Waals surface area contributed by atoms with Crippen LogP contribution in [0.2, 0.25) is 0 Å². The smallest absolute Gasteiger partial charge is 0.329 e. The molecule has 0 spiro atoms. The summed E-state index contributed by atoms with van der Waals surface area (Å²) in [5.41, 5.74) is 0. The highest BCUT2D eigenvalue weighted by Crippen LogP contribution is 2.15. The normalized spacial score (nSPS) is 17.2. The molecule has 8 heteroatoms. The Morgan fingerprint density at radius 3 is 2.86 bits per heavy atom. The zero-order valence-corrected chi connectivity index (χ0v) is 12.4. The van der Waals surface area contributed by atoms with Crippen molar-refractivity contribution in [1.29, 1.82) is 0 Å². The van der Waals surface area contributed by atoms with Crippen molar-refractivity contribution in [3.05, 3.63) is 5.82 Å². The SMILES string of the molecule is CCCCn1nnnc1CN1CCC(OCC(=O)O)CC1. The number of aliphatic carboxylic acids is 1. The summed E-state index contributed by atoms with van der Waals surface area (Å²) in [6, 6.07) is 0. The first kappa shape index (κ1) is 15.8. The van der Waals surface area contributed by atoms with E-state index in [1.165, 1.54) is 0 Å². The Bertz CT molecular complexity index is 443. The third kappa shape index (κ3) is 5.05. The molecule has 1 aromatic heterocycles. The predicted octanol–water partition coefficient (Wildman–Crippen LogP) is 0.539. The molecular weight excluding hydrogens is 274 g/mol. The van der Waals surface area contributed by atoms with Crippen LogP contribution < -0.4 is 0 Å². The molecule has 0 bridgehead atoms. The molecule has 1 N–H and O–H groups in total. The molecule has 1 aliphatic heterocycles. The van der Waals surface area contributed by atoms with Gasteiger partial charge in [0.1, 0.15) is 6.61 Å². The molecule has 0 atom stereocenters. The molecular formula is C13H23N5O3. The fourth-order valence-electron chi connectivity index (χ4n) is 2.44. The Morgan fingerprint density at radius 1 is 1.43 bits per heavy atom. The molecule has 2 heterocycles. The Kier molecular flexibility index (Phi) is 6.06. The minimum atomic E-state index is -0.910. The van der Waals surface area contributed by atoms with E-state index in [0.29, 0.717) is 0 Å². The average molecular weight is 297 g/mol. The second kappa shape index (κ2) is 8.04. The zero-order chi connectivity index (χ0) is 15.1. The van der Waals surface area contributed by atoms with Gasteiger partial charge in [-0.2, -0.15) is 0 Å². The van der Waals surface area contributed by atoms with E-state index in [0.717, 1.165) is 57.7 Å². The topological polar surface area (TPSA) is 93.4 Å². The van der Waals surface area contributed by atoms with Crippen LogP contribution in [0.15, 0.2) is 0 Å². The number of carboxylic acid groups (broad SMARTS) is 1. The van der Waals surface area contributed by atoms with Crippen molar-refractivity contribution in [1.82, 2.24) is 25.1 Å². The molecule has 118 valence electrons. The Labute approximate surface area is 124 Å². The highest BCUT2D eigenvalue weighted by Gasteiger charge is 2.22. The summed E-state index contributed by atoms with van der Waals surface area (Å²) in [7, 11) is 0. The van der Waals surface area contributed by atoms with Crippen molar-refractivity contribution in [2.24, 2.45) is 0 Å². The summed E-state index contributed by atoms with van der Waals surface area (Å²) in [6.07, 6.45) is 3.94. The highest BCUT2D eigenvalue weighted by atomic mass is 16.5. The van der Waals surface area contributed by atoms with Crippen LogP contribution in [0.25, 0.3) is 0 Å². The van der Waals surface area contributed by atoms with Gasteiger partial charge >= 0.3 is 5.97 Å². The molecule has 0 radical (unpaired) electrons. The molecule has 0 amide bonds.